The molecule has 0 unspecified atom stereocenters. The van der Waals surface area contributed by atoms with Crippen molar-refractivity contribution in [1.82, 2.24) is 9.55 Å². The molecule has 0 aliphatic carbocycles. The fourth-order valence-electron chi connectivity index (χ4n) is 3.35. The number of aromatic nitrogens is 2. The van der Waals surface area contributed by atoms with Crippen molar-refractivity contribution in [3.8, 4) is 5.69 Å². The van der Waals surface area contributed by atoms with Gasteiger partial charge in [-0.25, -0.2) is 13.4 Å². The molecule has 0 radical (unpaired) electrons. The molecule has 0 saturated carbocycles. The highest BCUT2D eigenvalue weighted by molar-refractivity contribution is 7.92. The van der Waals surface area contributed by atoms with Crippen LogP contribution in [0.2, 0.25) is 0 Å². The Morgan fingerprint density at radius 3 is 2.40 bits per heavy atom. The van der Waals surface area contributed by atoms with Crippen LogP contribution in [0.4, 0.5) is 5.69 Å². The number of hydrogen-bond donors (Lipinski definition) is 1. The molecule has 1 aromatic heterocycles. The molecule has 0 saturated heterocycles. The van der Waals surface area contributed by atoms with Crippen LogP contribution in [-0.4, -0.2) is 18.0 Å². The van der Waals surface area contributed by atoms with Crippen molar-refractivity contribution < 1.29 is 8.42 Å². The molecule has 0 fully saturated rings. The number of sulfonamides is 1. The number of nitrogens with zero attached hydrogens (tertiary/aromatic N) is 2. The molecule has 0 bridgehead atoms. The average Bonchev–Trinajstić information content (AvgIpc) is 2.70. The summed E-state index contributed by atoms with van der Waals surface area (Å²) >= 11 is 0. The number of anilines is 1. The minimum atomic E-state index is -3.76. The van der Waals surface area contributed by atoms with E-state index in [0.717, 1.165) is 11.1 Å². The van der Waals surface area contributed by atoms with Crippen molar-refractivity contribution in [2.45, 2.75) is 25.7 Å². The van der Waals surface area contributed by atoms with E-state index in [4.69, 9.17) is 0 Å². The third-order valence-corrected chi connectivity index (χ3v) is 6.47. The molecule has 0 spiro atoms. The van der Waals surface area contributed by atoms with Crippen molar-refractivity contribution in [2.75, 3.05) is 4.72 Å². The molecule has 0 aliphatic heterocycles. The number of hydrogen-bond acceptors (Lipinski definition) is 4. The van der Waals surface area contributed by atoms with Crippen LogP contribution >= 0.6 is 0 Å². The maximum Gasteiger partial charge on any atom is 0.265 e. The molecule has 0 aliphatic rings. The Morgan fingerprint density at radius 1 is 0.867 bits per heavy atom. The van der Waals surface area contributed by atoms with Gasteiger partial charge in [0.05, 0.1) is 27.2 Å². The quantitative estimate of drug-likeness (QED) is 0.540. The van der Waals surface area contributed by atoms with Crippen LogP contribution in [0.3, 0.4) is 0 Å². The van der Waals surface area contributed by atoms with Crippen LogP contribution in [0, 0.1) is 20.8 Å². The molecule has 4 rings (SSSR count). The summed E-state index contributed by atoms with van der Waals surface area (Å²) in [6, 6.07) is 18.9. The Hall–Kier alpha value is -3.45. The normalized spacial score (nSPS) is 11.6. The lowest BCUT2D eigenvalue weighted by atomic mass is 10.1. The van der Waals surface area contributed by atoms with Crippen LogP contribution in [0.1, 0.15) is 17.0 Å². The van der Waals surface area contributed by atoms with Crippen LogP contribution in [0.5, 0.6) is 0 Å². The minimum absolute atomic E-state index is 0.191. The van der Waals surface area contributed by atoms with Gasteiger partial charge in [0, 0.05) is 0 Å². The van der Waals surface area contributed by atoms with Gasteiger partial charge in [-0.05, 0) is 74.4 Å². The SMILES string of the molecule is Cc1ccc(S(=O)(=O)Nc2cccc(-n3c(C)nc4ccccc4c3=O)c2)cc1C. The second kappa shape index (κ2) is 7.42. The van der Waals surface area contributed by atoms with Crippen molar-refractivity contribution in [3.63, 3.8) is 0 Å². The maximum atomic E-state index is 13.0. The minimum Gasteiger partial charge on any atom is -0.280 e. The number of rotatable bonds is 4. The first-order valence-electron chi connectivity index (χ1n) is 9.45. The van der Waals surface area contributed by atoms with E-state index >= 15 is 0 Å². The number of benzene rings is 3. The zero-order valence-electron chi connectivity index (χ0n) is 16.9. The number of nitrogens with one attached hydrogen (secondary N) is 1. The first kappa shape index (κ1) is 19.8. The predicted octanol–water partition coefficient (Wildman–Crippen LogP) is 4.11. The van der Waals surface area contributed by atoms with Gasteiger partial charge < -0.3 is 0 Å². The van der Waals surface area contributed by atoms with Gasteiger partial charge in [-0.3, -0.25) is 14.1 Å². The monoisotopic (exact) mass is 419 g/mol. The van der Waals surface area contributed by atoms with Gasteiger partial charge >= 0.3 is 0 Å². The summed E-state index contributed by atoms with van der Waals surface area (Å²) in [6.07, 6.45) is 0. The highest BCUT2D eigenvalue weighted by Gasteiger charge is 2.16. The molecular weight excluding hydrogens is 398 g/mol. The van der Waals surface area contributed by atoms with Gasteiger partial charge in [0.15, 0.2) is 0 Å². The highest BCUT2D eigenvalue weighted by Crippen LogP contribution is 2.21. The first-order valence-corrected chi connectivity index (χ1v) is 10.9. The lowest BCUT2D eigenvalue weighted by Gasteiger charge is -2.14. The van der Waals surface area contributed by atoms with Gasteiger partial charge in [-0.1, -0.05) is 24.3 Å². The molecule has 1 heterocycles. The second-order valence-corrected chi connectivity index (χ2v) is 8.90. The van der Waals surface area contributed by atoms with Crippen molar-refractivity contribution in [3.05, 3.63) is 94.0 Å². The van der Waals surface area contributed by atoms with Gasteiger partial charge in [0.2, 0.25) is 0 Å². The standard InChI is InChI=1S/C23H21N3O3S/c1-15-11-12-20(13-16(15)2)30(28,29)25-18-7-6-8-19(14-18)26-17(3)24-22-10-5-4-9-21(22)23(26)27/h4-14,25H,1-3H3. The van der Waals surface area contributed by atoms with Crippen molar-refractivity contribution >= 4 is 26.6 Å². The molecular formula is C23H21N3O3S. The third-order valence-electron chi connectivity index (χ3n) is 5.09. The van der Waals surface area contributed by atoms with Crippen molar-refractivity contribution in [1.29, 1.82) is 0 Å². The third kappa shape index (κ3) is 3.59. The Kier molecular flexibility index (Phi) is 4.91. The van der Waals surface area contributed by atoms with Crippen molar-refractivity contribution in [2.24, 2.45) is 0 Å². The zero-order valence-corrected chi connectivity index (χ0v) is 17.7. The second-order valence-electron chi connectivity index (χ2n) is 7.22. The largest absolute Gasteiger partial charge is 0.280 e. The molecule has 7 heteroatoms. The van der Waals surface area contributed by atoms with Crippen LogP contribution in [-0.2, 0) is 10.0 Å². The molecule has 4 aromatic rings. The van der Waals surface area contributed by atoms with E-state index in [2.05, 4.69) is 9.71 Å². The summed E-state index contributed by atoms with van der Waals surface area (Å²) in [5.41, 5.74) is 3.25. The van der Waals surface area contributed by atoms with Crippen LogP contribution < -0.4 is 10.3 Å². The zero-order chi connectivity index (χ0) is 21.5. The summed E-state index contributed by atoms with van der Waals surface area (Å²) < 4.78 is 29.7. The Labute approximate surface area is 174 Å². The predicted molar refractivity (Wildman–Crippen MR) is 119 cm³/mol. The molecule has 3 aromatic carbocycles. The average molecular weight is 420 g/mol. The fraction of sp³-hybridized carbons (Fsp3) is 0.130. The highest BCUT2D eigenvalue weighted by atomic mass is 32.2. The maximum absolute atomic E-state index is 13.0. The summed E-state index contributed by atoms with van der Waals surface area (Å²) in [5, 5.41) is 0.504. The summed E-state index contributed by atoms with van der Waals surface area (Å²) in [7, 11) is -3.76. The number of aryl methyl sites for hydroxylation is 3. The van der Waals surface area contributed by atoms with E-state index in [9.17, 15) is 13.2 Å². The lowest BCUT2D eigenvalue weighted by molar-refractivity contribution is 0.601. The summed E-state index contributed by atoms with van der Waals surface area (Å²) in [5.74, 6) is 0.521. The van der Waals surface area contributed by atoms with Crippen LogP contribution in [0.15, 0.2) is 76.4 Å². The fourth-order valence-corrected chi connectivity index (χ4v) is 4.49. The number of para-hydroxylation sites is 1. The van der Waals surface area contributed by atoms with Gasteiger partial charge in [0.25, 0.3) is 15.6 Å². The van der Waals surface area contributed by atoms with Gasteiger partial charge in [-0.15, -0.1) is 0 Å². The Morgan fingerprint density at radius 2 is 1.63 bits per heavy atom. The molecule has 152 valence electrons. The molecule has 0 atom stereocenters. The first-order chi connectivity index (χ1) is 14.3. The topological polar surface area (TPSA) is 81.1 Å². The summed E-state index contributed by atoms with van der Waals surface area (Å²) in [6.45, 7) is 5.55. The van der Waals surface area contributed by atoms with E-state index < -0.39 is 10.0 Å². The summed E-state index contributed by atoms with van der Waals surface area (Å²) in [4.78, 5) is 17.7. The van der Waals surface area contributed by atoms with Crippen LogP contribution in [0.25, 0.3) is 16.6 Å². The molecule has 30 heavy (non-hydrogen) atoms. The Bertz CT molecular complexity index is 1440. The lowest BCUT2D eigenvalue weighted by Crippen LogP contribution is -2.22. The Balaban J connectivity index is 1.76. The van der Waals surface area contributed by atoms with E-state index in [0.29, 0.717) is 28.1 Å². The molecule has 0 amide bonds. The van der Waals surface area contributed by atoms with Gasteiger partial charge in [0.1, 0.15) is 5.82 Å². The van der Waals surface area contributed by atoms with E-state index in [1.807, 2.05) is 19.9 Å². The van der Waals surface area contributed by atoms with E-state index in [1.165, 1.54) is 4.57 Å². The molecule has 1 N–H and O–H groups in total. The smallest absolute Gasteiger partial charge is 0.265 e. The van der Waals surface area contributed by atoms with Gasteiger partial charge in [-0.2, -0.15) is 0 Å². The number of fused-ring (bicyclic) bond motifs is 1. The van der Waals surface area contributed by atoms with E-state index in [-0.39, 0.29) is 10.5 Å². The van der Waals surface area contributed by atoms with E-state index in [1.54, 1.807) is 67.6 Å². The molecule has 6 nitrogen and oxygen atoms in total.